The van der Waals surface area contributed by atoms with Gasteiger partial charge in [-0.05, 0) is 18.4 Å². The molecule has 0 unspecified atom stereocenters. The number of aromatic nitrogens is 2. The van der Waals surface area contributed by atoms with E-state index in [1.54, 1.807) is 11.8 Å². The second-order valence-electron chi connectivity index (χ2n) is 2.75. The van der Waals surface area contributed by atoms with E-state index in [9.17, 15) is 0 Å². The number of halogens is 1. The molecule has 0 radical (unpaired) electrons. The number of para-hydroxylation sites is 1. The average Bonchev–Trinajstić information content (AvgIpc) is 2.49. The van der Waals surface area contributed by atoms with Crippen LogP contribution in [-0.2, 0) is 5.75 Å². The summed E-state index contributed by atoms with van der Waals surface area (Å²) in [5, 5.41) is 0.709. The lowest BCUT2D eigenvalue weighted by atomic mass is 10.3. The molecular formula is C9H9ClN2S. The highest BCUT2D eigenvalue weighted by atomic mass is 35.5. The van der Waals surface area contributed by atoms with Crippen LogP contribution < -0.4 is 0 Å². The monoisotopic (exact) mass is 212 g/mol. The molecule has 13 heavy (non-hydrogen) atoms. The third-order valence-electron chi connectivity index (χ3n) is 1.79. The molecule has 0 spiro atoms. The van der Waals surface area contributed by atoms with Gasteiger partial charge in [0, 0.05) is 0 Å². The number of hydrogen-bond donors (Lipinski definition) is 1. The van der Waals surface area contributed by atoms with Crippen LogP contribution >= 0.6 is 23.4 Å². The molecule has 4 heteroatoms. The van der Waals surface area contributed by atoms with Crippen molar-refractivity contribution in [3.05, 3.63) is 29.0 Å². The minimum absolute atomic E-state index is 0.709. The SMILES string of the molecule is CSCc1nc2c(Cl)cccc2[nH]1. The third-order valence-corrected chi connectivity index (χ3v) is 2.66. The Labute approximate surface area is 85.7 Å². The quantitative estimate of drug-likeness (QED) is 0.829. The van der Waals surface area contributed by atoms with E-state index in [4.69, 9.17) is 11.6 Å². The van der Waals surface area contributed by atoms with Gasteiger partial charge in [-0.2, -0.15) is 11.8 Å². The van der Waals surface area contributed by atoms with Crippen molar-refractivity contribution in [2.45, 2.75) is 5.75 Å². The second kappa shape index (κ2) is 3.60. The van der Waals surface area contributed by atoms with Crippen LogP contribution in [0.1, 0.15) is 5.82 Å². The van der Waals surface area contributed by atoms with E-state index in [-0.39, 0.29) is 0 Å². The number of H-pyrrole nitrogens is 1. The summed E-state index contributed by atoms with van der Waals surface area (Å²) in [4.78, 5) is 7.61. The van der Waals surface area contributed by atoms with Gasteiger partial charge in [0.25, 0.3) is 0 Å². The van der Waals surface area contributed by atoms with E-state index in [1.807, 2.05) is 18.2 Å². The fraction of sp³-hybridized carbons (Fsp3) is 0.222. The minimum atomic E-state index is 0.709. The molecule has 2 aromatic rings. The molecule has 2 nitrogen and oxygen atoms in total. The lowest BCUT2D eigenvalue weighted by Crippen LogP contribution is -1.80. The van der Waals surface area contributed by atoms with Gasteiger partial charge in [0.15, 0.2) is 0 Å². The number of nitrogens with one attached hydrogen (secondary N) is 1. The molecule has 0 aliphatic carbocycles. The molecule has 0 bridgehead atoms. The first-order valence-electron chi connectivity index (χ1n) is 3.93. The van der Waals surface area contributed by atoms with Gasteiger partial charge in [-0.3, -0.25) is 0 Å². The van der Waals surface area contributed by atoms with E-state index in [0.717, 1.165) is 22.6 Å². The van der Waals surface area contributed by atoms with Gasteiger partial charge in [-0.25, -0.2) is 4.98 Å². The van der Waals surface area contributed by atoms with Crippen molar-refractivity contribution in [3.8, 4) is 0 Å². The van der Waals surface area contributed by atoms with Gasteiger partial charge in [0.1, 0.15) is 11.3 Å². The smallest absolute Gasteiger partial charge is 0.117 e. The molecule has 1 aromatic carbocycles. The first-order chi connectivity index (χ1) is 6.31. The van der Waals surface area contributed by atoms with E-state index >= 15 is 0 Å². The predicted molar refractivity (Wildman–Crippen MR) is 58.3 cm³/mol. The van der Waals surface area contributed by atoms with E-state index in [0.29, 0.717) is 5.02 Å². The fourth-order valence-corrected chi connectivity index (χ4v) is 1.88. The zero-order valence-corrected chi connectivity index (χ0v) is 8.75. The van der Waals surface area contributed by atoms with Crippen molar-refractivity contribution in [2.75, 3.05) is 6.26 Å². The van der Waals surface area contributed by atoms with Crippen LogP contribution in [0.2, 0.25) is 5.02 Å². The standard InChI is InChI=1S/C9H9ClN2S/c1-13-5-8-11-7-4-2-3-6(10)9(7)12-8/h2-4H,5H2,1H3,(H,11,12). The Morgan fingerprint density at radius 1 is 1.54 bits per heavy atom. The number of hydrogen-bond acceptors (Lipinski definition) is 2. The Bertz CT molecular complexity index is 424. The molecular weight excluding hydrogens is 204 g/mol. The first-order valence-corrected chi connectivity index (χ1v) is 5.70. The molecule has 0 amide bonds. The summed E-state index contributed by atoms with van der Waals surface area (Å²) < 4.78 is 0. The lowest BCUT2D eigenvalue weighted by Gasteiger charge is -1.88. The Hall–Kier alpha value is -0.670. The zero-order valence-electron chi connectivity index (χ0n) is 7.17. The third kappa shape index (κ3) is 1.67. The van der Waals surface area contributed by atoms with Gasteiger partial charge >= 0.3 is 0 Å². The molecule has 68 valence electrons. The summed E-state index contributed by atoms with van der Waals surface area (Å²) >= 11 is 7.72. The molecule has 1 heterocycles. The molecule has 0 saturated heterocycles. The van der Waals surface area contributed by atoms with Crippen LogP contribution in [0.4, 0.5) is 0 Å². The lowest BCUT2D eigenvalue weighted by molar-refractivity contribution is 1.14. The molecule has 0 fully saturated rings. The highest BCUT2D eigenvalue weighted by Crippen LogP contribution is 2.21. The maximum atomic E-state index is 5.98. The summed E-state index contributed by atoms with van der Waals surface area (Å²) in [6.07, 6.45) is 2.05. The fourth-order valence-electron chi connectivity index (χ4n) is 1.25. The van der Waals surface area contributed by atoms with Crippen molar-refractivity contribution in [3.63, 3.8) is 0 Å². The Balaban J connectivity index is 2.55. The van der Waals surface area contributed by atoms with Gasteiger partial charge in [-0.1, -0.05) is 17.7 Å². The van der Waals surface area contributed by atoms with Gasteiger partial charge in [0.2, 0.25) is 0 Å². The summed E-state index contributed by atoms with van der Waals surface area (Å²) in [5.74, 6) is 1.88. The minimum Gasteiger partial charge on any atom is -0.341 e. The molecule has 0 aliphatic heterocycles. The number of imidazole rings is 1. The van der Waals surface area contributed by atoms with Crippen LogP contribution in [0, 0.1) is 0 Å². The average molecular weight is 213 g/mol. The van der Waals surface area contributed by atoms with Crippen molar-refractivity contribution < 1.29 is 0 Å². The number of benzene rings is 1. The second-order valence-corrected chi connectivity index (χ2v) is 4.03. The first kappa shape index (κ1) is 8.91. The largest absolute Gasteiger partial charge is 0.341 e. The Morgan fingerprint density at radius 3 is 3.08 bits per heavy atom. The highest BCUT2D eigenvalue weighted by Gasteiger charge is 2.04. The predicted octanol–water partition coefficient (Wildman–Crippen LogP) is 3.08. The Morgan fingerprint density at radius 2 is 2.38 bits per heavy atom. The number of fused-ring (bicyclic) bond motifs is 1. The van der Waals surface area contributed by atoms with Gasteiger partial charge < -0.3 is 4.98 Å². The normalized spacial score (nSPS) is 10.9. The summed E-state index contributed by atoms with van der Waals surface area (Å²) in [7, 11) is 0. The van der Waals surface area contributed by atoms with E-state index < -0.39 is 0 Å². The number of nitrogens with zero attached hydrogens (tertiary/aromatic N) is 1. The van der Waals surface area contributed by atoms with Crippen molar-refractivity contribution in [1.29, 1.82) is 0 Å². The van der Waals surface area contributed by atoms with Crippen molar-refractivity contribution >= 4 is 34.4 Å². The molecule has 1 aromatic heterocycles. The van der Waals surface area contributed by atoms with Crippen LogP contribution in [0.5, 0.6) is 0 Å². The molecule has 0 aliphatic rings. The molecule has 1 N–H and O–H groups in total. The van der Waals surface area contributed by atoms with Crippen LogP contribution in [0.3, 0.4) is 0 Å². The highest BCUT2D eigenvalue weighted by molar-refractivity contribution is 7.97. The molecule has 0 atom stereocenters. The van der Waals surface area contributed by atoms with Crippen LogP contribution in [0.25, 0.3) is 11.0 Å². The van der Waals surface area contributed by atoms with Crippen LogP contribution in [0.15, 0.2) is 18.2 Å². The van der Waals surface area contributed by atoms with Gasteiger partial charge in [-0.15, -0.1) is 0 Å². The summed E-state index contributed by atoms with van der Waals surface area (Å²) in [5.41, 5.74) is 1.88. The van der Waals surface area contributed by atoms with Crippen LogP contribution in [-0.4, -0.2) is 16.2 Å². The summed E-state index contributed by atoms with van der Waals surface area (Å²) in [6.45, 7) is 0. The number of aromatic amines is 1. The number of thioether (sulfide) groups is 1. The maximum Gasteiger partial charge on any atom is 0.117 e. The van der Waals surface area contributed by atoms with Crippen molar-refractivity contribution in [2.24, 2.45) is 0 Å². The van der Waals surface area contributed by atoms with Crippen molar-refractivity contribution in [1.82, 2.24) is 9.97 Å². The van der Waals surface area contributed by atoms with E-state index in [1.165, 1.54) is 0 Å². The molecule has 2 rings (SSSR count). The van der Waals surface area contributed by atoms with E-state index in [2.05, 4.69) is 16.2 Å². The maximum absolute atomic E-state index is 5.98. The van der Waals surface area contributed by atoms with Gasteiger partial charge in [0.05, 0.1) is 16.3 Å². The summed E-state index contributed by atoms with van der Waals surface area (Å²) in [6, 6.07) is 5.76. The Kier molecular flexibility index (Phi) is 2.47. The topological polar surface area (TPSA) is 28.7 Å². The number of rotatable bonds is 2. The molecule has 0 saturated carbocycles. The zero-order chi connectivity index (χ0) is 9.26.